The van der Waals surface area contributed by atoms with Gasteiger partial charge in [-0.15, -0.1) is 0 Å². The van der Waals surface area contributed by atoms with Gasteiger partial charge in [0, 0.05) is 12.6 Å². The van der Waals surface area contributed by atoms with Crippen molar-refractivity contribution in [2.75, 3.05) is 0 Å². The van der Waals surface area contributed by atoms with Gasteiger partial charge in [-0.2, -0.15) is 0 Å². The molecule has 3 heteroatoms. The minimum absolute atomic E-state index is 0.542. The normalized spacial score (nSPS) is 12.7. The van der Waals surface area contributed by atoms with Crippen LogP contribution in [0, 0.1) is 20.8 Å². The molecule has 90 valence electrons. The number of H-pyrrole nitrogens is 1. The quantitative estimate of drug-likeness (QED) is 0.851. The Morgan fingerprint density at radius 1 is 1.24 bits per heavy atom. The molecule has 3 nitrogen and oxygen atoms in total. The molecule has 1 atom stereocenters. The summed E-state index contributed by atoms with van der Waals surface area (Å²) < 4.78 is 0. The van der Waals surface area contributed by atoms with E-state index in [1.807, 2.05) is 13.0 Å². The Morgan fingerprint density at radius 2 is 1.88 bits per heavy atom. The van der Waals surface area contributed by atoms with Crippen LogP contribution in [0.1, 0.15) is 34.3 Å². The maximum atomic E-state index is 10.2. The minimum Gasteiger partial charge on any atom is -0.386 e. The van der Waals surface area contributed by atoms with Gasteiger partial charge in [-0.1, -0.05) is 18.2 Å². The van der Waals surface area contributed by atoms with Crippen LogP contribution in [0.2, 0.25) is 0 Å². The van der Waals surface area contributed by atoms with E-state index in [0.29, 0.717) is 12.1 Å². The topological polar surface area (TPSA) is 48.9 Å². The number of hydrogen-bond acceptors (Lipinski definition) is 2. The van der Waals surface area contributed by atoms with E-state index < -0.39 is 6.10 Å². The van der Waals surface area contributed by atoms with Crippen molar-refractivity contribution < 1.29 is 5.11 Å². The highest BCUT2D eigenvalue weighted by Gasteiger charge is 2.14. The third-order valence-electron chi connectivity index (χ3n) is 3.11. The standard InChI is InChI=1S/C14H18N2O/c1-9-5-4-6-10(2)12(9)7-14(17)13-8-15-11(3)16-13/h4-6,8,14,17H,7H2,1-3H3,(H,15,16). The van der Waals surface area contributed by atoms with Gasteiger partial charge in [-0.3, -0.25) is 0 Å². The highest BCUT2D eigenvalue weighted by Crippen LogP contribution is 2.21. The van der Waals surface area contributed by atoms with Gasteiger partial charge in [0.2, 0.25) is 0 Å². The van der Waals surface area contributed by atoms with Gasteiger partial charge in [0.05, 0.1) is 5.69 Å². The molecule has 1 heterocycles. The summed E-state index contributed by atoms with van der Waals surface area (Å²) in [5.74, 6) is 0.834. The lowest BCUT2D eigenvalue weighted by atomic mass is 9.97. The van der Waals surface area contributed by atoms with Crippen molar-refractivity contribution in [1.82, 2.24) is 9.97 Å². The number of nitrogens with one attached hydrogen (secondary N) is 1. The molecule has 0 fully saturated rings. The van der Waals surface area contributed by atoms with Crippen molar-refractivity contribution in [3.8, 4) is 0 Å². The highest BCUT2D eigenvalue weighted by atomic mass is 16.3. The summed E-state index contributed by atoms with van der Waals surface area (Å²) >= 11 is 0. The average Bonchev–Trinajstić information content (AvgIpc) is 2.70. The molecule has 0 aliphatic carbocycles. The zero-order valence-corrected chi connectivity index (χ0v) is 10.5. The maximum Gasteiger partial charge on any atom is 0.103 e. The zero-order chi connectivity index (χ0) is 12.4. The first-order chi connectivity index (χ1) is 8.08. The molecule has 17 heavy (non-hydrogen) atoms. The monoisotopic (exact) mass is 230 g/mol. The first kappa shape index (κ1) is 11.9. The predicted octanol–water partition coefficient (Wildman–Crippen LogP) is 2.61. The van der Waals surface area contributed by atoms with E-state index in [2.05, 4.69) is 35.9 Å². The summed E-state index contributed by atoms with van der Waals surface area (Å²) in [4.78, 5) is 7.25. The van der Waals surface area contributed by atoms with Gasteiger partial charge in [0.25, 0.3) is 0 Å². The Bertz CT molecular complexity index is 496. The number of rotatable bonds is 3. The fourth-order valence-electron chi connectivity index (χ4n) is 2.08. The Kier molecular flexibility index (Phi) is 3.29. The Balaban J connectivity index is 2.21. The van der Waals surface area contributed by atoms with Crippen LogP contribution in [0.15, 0.2) is 24.4 Å². The van der Waals surface area contributed by atoms with Crippen LogP contribution in [0.5, 0.6) is 0 Å². The summed E-state index contributed by atoms with van der Waals surface area (Å²) in [5.41, 5.74) is 4.36. The van der Waals surface area contributed by atoms with Crippen molar-refractivity contribution in [2.24, 2.45) is 0 Å². The predicted molar refractivity (Wildman–Crippen MR) is 67.9 cm³/mol. The lowest BCUT2D eigenvalue weighted by Gasteiger charge is -2.13. The largest absolute Gasteiger partial charge is 0.386 e. The van der Waals surface area contributed by atoms with E-state index in [0.717, 1.165) is 5.82 Å². The van der Waals surface area contributed by atoms with Crippen LogP contribution in [-0.4, -0.2) is 15.1 Å². The molecule has 0 radical (unpaired) electrons. The number of benzene rings is 1. The molecule has 2 N–H and O–H groups in total. The van der Waals surface area contributed by atoms with Crippen molar-refractivity contribution >= 4 is 0 Å². The van der Waals surface area contributed by atoms with Gasteiger partial charge < -0.3 is 10.1 Å². The first-order valence-corrected chi connectivity index (χ1v) is 5.83. The molecule has 0 aliphatic rings. The van der Waals surface area contributed by atoms with E-state index in [1.165, 1.54) is 16.7 Å². The molecule has 1 unspecified atom stereocenters. The molecule has 0 aliphatic heterocycles. The number of aromatic amines is 1. The molecule has 0 saturated heterocycles. The van der Waals surface area contributed by atoms with Crippen molar-refractivity contribution in [2.45, 2.75) is 33.3 Å². The fourth-order valence-corrected chi connectivity index (χ4v) is 2.08. The zero-order valence-electron chi connectivity index (χ0n) is 10.5. The third kappa shape index (κ3) is 2.56. The highest BCUT2D eigenvalue weighted by molar-refractivity contribution is 5.34. The summed E-state index contributed by atoms with van der Waals surface area (Å²) in [6.45, 7) is 6.03. The molecule has 1 aromatic heterocycles. The average molecular weight is 230 g/mol. The molecule has 1 aromatic carbocycles. The maximum absolute atomic E-state index is 10.2. The number of imidazole rings is 1. The molecular formula is C14H18N2O. The van der Waals surface area contributed by atoms with Crippen molar-refractivity contribution in [3.05, 3.63) is 52.6 Å². The summed E-state index contributed by atoms with van der Waals surface area (Å²) in [7, 11) is 0. The Labute approximate surface area is 102 Å². The number of aryl methyl sites for hydroxylation is 3. The van der Waals surface area contributed by atoms with Gasteiger partial charge in [-0.05, 0) is 37.5 Å². The lowest BCUT2D eigenvalue weighted by molar-refractivity contribution is 0.173. The van der Waals surface area contributed by atoms with Gasteiger partial charge in [0.1, 0.15) is 11.9 Å². The lowest BCUT2D eigenvalue weighted by Crippen LogP contribution is -2.05. The number of nitrogens with zero attached hydrogens (tertiary/aromatic N) is 1. The van der Waals surface area contributed by atoms with Crippen LogP contribution >= 0.6 is 0 Å². The van der Waals surface area contributed by atoms with Gasteiger partial charge in [-0.25, -0.2) is 4.98 Å². The second-order valence-electron chi connectivity index (χ2n) is 4.50. The van der Waals surface area contributed by atoms with Crippen LogP contribution in [0.3, 0.4) is 0 Å². The molecule has 2 aromatic rings. The summed E-state index contributed by atoms with van der Waals surface area (Å²) in [6, 6.07) is 6.19. The second-order valence-corrected chi connectivity index (χ2v) is 4.50. The van der Waals surface area contributed by atoms with Crippen LogP contribution < -0.4 is 0 Å². The van der Waals surface area contributed by atoms with E-state index in [9.17, 15) is 5.11 Å². The summed E-state index contributed by atoms with van der Waals surface area (Å²) in [6.07, 6.45) is 1.84. The van der Waals surface area contributed by atoms with Crippen LogP contribution in [0.4, 0.5) is 0 Å². The van der Waals surface area contributed by atoms with E-state index in [1.54, 1.807) is 6.20 Å². The smallest absolute Gasteiger partial charge is 0.103 e. The summed E-state index contributed by atoms with van der Waals surface area (Å²) in [5, 5.41) is 10.2. The Hall–Kier alpha value is -1.61. The third-order valence-corrected chi connectivity index (χ3v) is 3.11. The molecule has 2 rings (SSSR count). The van der Waals surface area contributed by atoms with Gasteiger partial charge in [0.15, 0.2) is 0 Å². The molecule has 0 bridgehead atoms. The first-order valence-electron chi connectivity index (χ1n) is 5.83. The van der Waals surface area contributed by atoms with E-state index in [4.69, 9.17) is 0 Å². The SMILES string of the molecule is Cc1nc(C(O)Cc2c(C)cccc2C)c[nH]1. The van der Waals surface area contributed by atoms with Crippen molar-refractivity contribution in [3.63, 3.8) is 0 Å². The minimum atomic E-state index is -0.542. The fraction of sp³-hybridized carbons (Fsp3) is 0.357. The number of hydrogen-bond donors (Lipinski definition) is 2. The molecule has 0 saturated carbocycles. The Morgan fingerprint density at radius 3 is 2.41 bits per heavy atom. The molecular weight excluding hydrogens is 212 g/mol. The van der Waals surface area contributed by atoms with Gasteiger partial charge >= 0.3 is 0 Å². The number of aromatic nitrogens is 2. The number of aliphatic hydroxyl groups is 1. The number of aliphatic hydroxyl groups excluding tert-OH is 1. The van der Waals surface area contributed by atoms with E-state index >= 15 is 0 Å². The van der Waals surface area contributed by atoms with Crippen LogP contribution in [0.25, 0.3) is 0 Å². The van der Waals surface area contributed by atoms with Crippen LogP contribution in [-0.2, 0) is 6.42 Å². The van der Waals surface area contributed by atoms with E-state index in [-0.39, 0.29) is 0 Å². The molecule has 0 spiro atoms. The van der Waals surface area contributed by atoms with Crippen molar-refractivity contribution in [1.29, 1.82) is 0 Å². The second kappa shape index (κ2) is 4.72. The molecule has 0 amide bonds.